The standard InChI is InChI=1S/C11H13N7O3/c19-1-2-21-7-18-8(3-14-16-18)5-17-10-9(4-15-17)11(20)13-6-12-10/h3-4,6,19H,1-2,5,7H2,(H,12,13,20). The third kappa shape index (κ3) is 2.66. The van der Waals surface area contributed by atoms with Crippen molar-refractivity contribution in [3.8, 4) is 0 Å². The van der Waals surface area contributed by atoms with Gasteiger partial charge in [0.2, 0.25) is 0 Å². The molecule has 0 saturated heterocycles. The predicted molar refractivity (Wildman–Crippen MR) is 70.3 cm³/mol. The number of aromatic nitrogens is 7. The fourth-order valence-corrected chi connectivity index (χ4v) is 1.90. The van der Waals surface area contributed by atoms with Crippen molar-refractivity contribution in [2.45, 2.75) is 13.3 Å². The van der Waals surface area contributed by atoms with E-state index >= 15 is 0 Å². The Kier molecular flexibility index (Phi) is 3.71. The summed E-state index contributed by atoms with van der Waals surface area (Å²) in [5, 5.41) is 21.0. The minimum atomic E-state index is -0.232. The lowest BCUT2D eigenvalue weighted by molar-refractivity contribution is 0.0393. The quantitative estimate of drug-likeness (QED) is 0.542. The van der Waals surface area contributed by atoms with Gasteiger partial charge in [0.15, 0.2) is 5.65 Å². The number of hydrogen-bond acceptors (Lipinski definition) is 7. The van der Waals surface area contributed by atoms with Gasteiger partial charge in [-0.15, -0.1) is 5.10 Å². The minimum Gasteiger partial charge on any atom is -0.394 e. The van der Waals surface area contributed by atoms with Gasteiger partial charge >= 0.3 is 0 Å². The van der Waals surface area contributed by atoms with Crippen LogP contribution in [0.1, 0.15) is 5.69 Å². The molecule has 0 fully saturated rings. The van der Waals surface area contributed by atoms with Crippen LogP contribution in [0.2, 0.25) is 0 Å². The molecule has 0 amide bonds. The van der Waals surface area contributed by atoms with Crippen LogP contribution < -0.4 is 5.56 Å². The summed E-state index contributed by atoms with van der Waals surface area (Å²) in [6.07, 6.45) is 4.39. The summed E-state index contributed by atoms with van der Waals surface area (Å²) in [5.74, 6) is 0. The van der Waals surface area contributed by atoms with Gasteiger partial charge in [0, 0.05) is 0 Å². The van der Waals surface area contributed by atoms with E-state index in [0.717, 1.165) is 5.69 Å². The van der Waals surface area contributed by atoms with Crippen molar-refractivity contribution in [3.05, 3.63) is 34.8 Å². The largest absolute Gasteiger partial charge is 0.394 e. The zero-order valence-corrected chi connectivity index (χ0v) is 11.0. The molecule has 110 valence electrons. The molecular formula is C11H13N7O3. The molecule has 3 heterocycles. The summed E-state index contributed by atoms with van der Waals surface area (Å²) in [6, 6.07) is 0. The molecule has 10 nitrogen and oxygen atoms in total. The fraction of sp³-hybridized carbons (Fsp3) is 0.364. The van der Waals surface area contributed by atoms with Crippen LogP contribution in [0.5, 0.6) is 0 Å². The first-order valence-corrected chi connectivity index (χ1v) is 6.25. The Morgan fingerprint density at radius 3 is 3.10 bits per heavy atom. The van der Waals surface area contributed by atoms with E-state index < -0.39 is 0 Å². The predicted octanol–water partition coefficient (Wildman–Crippen LogP) is -1.27. The Morgan fingerprint density at radius 2 is 2.24 bits per heavy atom. The second-order valence-corrected chi connectivity index (χ2v) is 4.26. The first kappa shape index (κ1) is 13.4. The number of hydrogen-bond donors (Lipinski definition) is 2. The van der Waals surface area contributed by atoms with Crippen molar-refractivity contribution >= 4 is 11.0 Å². The first-order chi connectivity index (χ1) is 10.3. The Bertz CT molecular complexity index is 790. The molecule has 3 rings (SSSR count). The highest BCUT2D eigenvalue weighted by molar-refractivity contribution is 5.72. The van der Waals surface area contributed by atoms with Crippen LogP contribution >= 0.6 is 0 Å². The second kappa shape index (κ2) is 5.81. The van der Waals surface area contributed by atoms with Crippen molar-refractivity contribution in [2.24, 2.45) is 0 Å². The molecule has 0 aliphatic heterocycles. The Hall–Kier alpha value is -2.59. The lowest BCUT2D eigenvalue weighted by Crippen LogP contribution is -2.14. The molecule has 0 saturated carbocycles. The number of nitrogens with one attached hydrogen (secondary N) is 1. The normalized spacial score (nSPS) is 11.3. The SMILES string of the molecule is O=c1[nH]cnc2c1cnn2Cc1cnnn1COCCO. The number of aliphatic hydroxyl groups excluding tert-OH is 1. The van der Waals surface area contributed by atoms with Gasteiger partial charge in [-0.25, -0.2) is 14.3 Å². The van der Waals surface area contributed by atoms with Gasteiger partial charge in [0.05, 0.1) is 44.2 Å². The third-order valence-corrected chi connectivity index (χ3v) is 2.90. The molecule has 0 spiro atoms. The number of nitrogens with zero attached hydrogens (tertiary/aromatic N) is 6. The van der Waals surface area contributed by atoms with Crippen LogP contribution in [0.4, 0.5) is 0 Å². The van der Waals surface area contributed by atoms with E-state index in [-0.39, 0.29) is 25.5 Å². The number of rotatable bonds is 6. The van der Waals surface area contributed by atoms with Gasteiger partial charge < -0.3 is 14.8 Å². The topological polar surface area (TPSA) is 124 Å². The number of ether oxygens (including phenoxy) is 1. The molecule has 0 aliphatic rings. The first-order valence-electron chi connectivity index (χ1n) is 6.25. The fourth-order valence-electron chi connectivity index (χ4n) is 1.90. The van der Waals surface area contributed by atoms with Gasteiger partial charge in [-0.3, -0.25) is 4.79 Å². The second-order valence-electron chi connectivity index (χ2n) is 4.26. The molecule has 0 unspecified atom stereocenters. The average molecular weight is 291 g/mol. The molecule has 0 aromatic carbocycles. The maximum atomic E-state index is 11.6. The van der Waals surface area contributed by atoms with Gasteiger partial charge in [0.1, 0.15) is 12.1 Å². The maximum absolute atomic E-state index is 11.6. The van der Waals surface area contributed by atoms with E-state index in [1.165, 1.54) is 12.5 Å². The summed E-state index contributed by atoms with van der Waals surface area (Å²) in [6.45, 7) is 0.708. The van der Waals surface area contributed by atoms with Crippen LogP contribution in [-0.2, 0) is 18.0 Å². The molecule has 0 atom stereocenters. The zero-order valence-electron chi connectivity index (χ0n) is 11.0. The van der Waals surface area contributed by atoms with Gasteiger partial charge in [-0.1, -0.05) is 5.21 Å². The van der Waals surface area contributed by atoms with Gasteiger partial charge in [-0.05, 0) is 0 Å². The van der Waals surface area contributed by atoms with Crippen molar-refractivity contribution in [3.63, 3.8) is 0 Å². The molecule has 10 heteroatoms. The number of fused-ring (bicyclic) bond motifs is 1. The lowest BCUT2D eigenvalue weighted by atomic mass is 10.4. The molecule has 0 aliphatic carbocycles. The third-order valence-electron chi connectivity index (χ3n) is 2.90. The highest BCUT2D eigenvalue weighted by Crippen LogP contribution is 2.08. The maximum Gasteiger partial charge on any atom is 0.261 e. The molecule has 21 heavy (non-hydrogen) atoms. The Labute approximate surface area is 118 Å². The Balaban J connectivity index is 1.84. The molecular weight excluding hydrogens is 278 g/mol. The number of aromatic amines is 1. The molecule has 3 aromatic rings. The van der Waals surface area contributed by atoms with Crippen molar-refractivity contribution in [1.82, 2.24) is 34.7 Å². The monoisotopic (exact) mass is 291 g/mol. The highest BCUT2D eigenvalue weighted by atomic mass is 16.5. The van der Waals surface area contributed by atoms with E-state index in [9.17, 15) is 4.79 Å². The zero-order chi connectivity index (χ0) is 14.7. The van der Waals surface area contributed by atoms with Crippen molar-refractivity contribution in [1.29, 1.82) is 0 Å². The minimum absolute atomic E-state index is 0.0550. The summed E-state index contributed by atoms with van der Waals surface area (Å²) in [5.41, 5.74) is 1.01. The van der Waals surface area contributed by atoms with Crippen molar-refractivity contribution < 1.29 is 9.84 Å². The van der Waals surface area contributed by atoms with Gasteiger partial charge in [0.25, 0.3) is 5.56 Å². The van der Waals surface area contributed by atoms with Crippen LogP contribution in [0.3, 0.4) is 0 Å². The van der Waals surface area contributed by atoms with E-state index in [2.05, 4.69) is 25.4 Å². The molecule has 0 bridgehead atoms. The van der Waals surface area contributed by atoms with Crippen LogP contribution in [-0.4, -0.2) is 53.1 Å². The Morgan fingerprint density at radius 1 is 1.33 bits per heavy atom. The molecule has 0 radical (unpaired) electrons. The molecule has 2 N–H and O–H groups in total. The van der Waals surface area contributed by atoms with Gasteiger partial charge in [-0.2, -0.15) is 5.10 Å². The van der Waals surface area contributed by atoms with Crippen molar-refractivity contribution in [2.75, 3.05) is 13.2 Å². The van der Waals surface area contributed by atoms with E-state index in [1.54, 1.807) is 15.6 Å². The summed E-state index contributed by atoms with van der Waals surface area (Å²) >= 11 is 0. The van der Waals surface area contributed by atoms with Crippen LogP contribution in [0.15, 0.2) is 23.5 Å². The highest BCUT2D eigenvalue weighted by Gasteiger charge is 2.10. The number of H-pyrrole nitrogens is 1. The lowest BCUT2D eigenvalue weighted by Gasteiger charge is -2.07. The van der Waals surface area contributed by atoms with Crippen LogP contribution in [0.25, 0.3) is 11.0 Å². The van der Waals surface area contributed by atoms with E-state index in [0.29, 0.717) is 17.6 Å². The van der Waals surface area contributed by atoms with E-state index in [1.807, 2.05) is 0 Å². The average Bonchev–Trinajstić information content (AvgIpc) is 3.09. The number of aliphatic hydroxyl groups is 1. The summed E-state index contributed by atoms with van der Waals surface area (Å²) in [7, 11) is 0. The summed E-state index contributed by atoms with van der Waals surface area (Å²) < 4.78 is 8.34. The van der Waals surface area contributed by atoms with Crippen LogP contribution in [0, 0.1) is 0 Å². The summed E-state index contributed by atoms with van der Waals surface area (Å²) in [4.78, 5) is 18.2. The smallest absolute Gasteiger partial charge is 0.261 e. The molecule has 3 aromatic heterocycles. The van der Waals surface area contributed by atoms with E-state index in [4.69, 9.17) is 9.84 Å².